The topological polar surface area (TPSA) is 29.3 Å². The van der Waals surface area contributed by atoms with Crippen LogP contribution in [0.3, 0.4) is 0 Å². The molecule has 2 fully saturated rings. The fourth-order valence-corrected chi connectivity index (χ4v) is 4.22. The fourth-order valence-electron chi connectivity index (χ4n) is 4.22. The summed E-state index contributed by atoms with van der Waals surface area (Å²) in [6.45, 7) is 5.60. The van der Waals surface area contributed by atoms with Gasteiger partial charge in [-0.25, -0.2) is 0 Å². The lowest BCUT2D eigenvalue weighted by Gasteiger charge is -2.49. The van der Waals surface area contributed by atoms with E-state index in [1.54, 1.807) is 0 Å². The van der Waals surface area contributed by atoms with Gasteiger partial charge in [-0.05, 0) is 57.4 Å². The van der Waals surface area contributed by atoms with Gasteiger partial charge in [0.25, 0.3) is 0 Å². The smallest absolute Gasteiger partial charge is 0.0331 e. The predicted octanol–water partition coefficient (Wildman–Crippen LogP) is 3.40. The quantitative estimate of drug-likeness (QED) is 0.831. The lowest BCUT2D eigenvalue weighted by Crippen LogP contribution is -2.57. The Morgan fingerprint density at radius 3 is 2.11 bits per heavy atom. The summed E-state index contributed by atoms with van der Waals surface area (Å²) in [5, 5.41) is 0. The van der Waals surface area contributed by atoms with E-state index in [9.17, 15) is 0 Å². The first kappa shape index (κ1) is 14.3. The maximum absolute atomic E-state index is 6.19. The third-order valence-corrected chi connectivity index (χ3v) is 5.90. The number of nitrogens with zero attached hydrogens (tertiary/aromatic N) is 1. The molecule has 0 unspecified atom stereocenters. The largest absolute Gasteiger partial charge is 0.329 e. The van der Waals surface area contributed by atoms with Crippen molar-refractivity contribution in [2.45, 2.75) is 76.8 Å². The van der Waals surface area contributed by atoms with E-state index in [1.165, 1.54) is 51.4 Å². The van der Waals surface area contributed by atoms with Crippen molar-refractivity contribution in [2.75, 3.05) is 13.6 Å². The molecule has 0 aromatic carbocycles. The summed E-state index contributed by atoms with van der Waals surface area (Å²) in [6.07, 6.45) is 11.0. The first-order valence-electron chi connectivity index (χ1n) is 8.02. The van der Waals surface area contributed by atoms with E-state index in [-0.39, 0.29) is 0 Å². The molecule has 2 nitrogen and oxygen atoms in total. The summed E-state index contributed by atoms with van der Waals surface area (Å²) in [7, 11) is 2.35. The van der Waals surface area contributed by atoms with Crippen LogP contribution < -0.4 is 5.73 Å². The molecule has 2 heteroatoms. The number of hydrogen-bond donors (Lipinski definition) is 1. The van der Waals surface area contributed by atoms with Gasteiger partial charge in [-0.1, -0.05) is 26.7 Å². The molecule has 0 heterocycles. The number of nitrogens with two attached hydrogens (primary N) is 1. The van der Waals surface area contributed by atoms with Crippen LogP contribution in [0.2, 0.25) is 0 Å². The molecule has 2 N–H and O–H groups in total. The number of rotatable bonds is 4. The predicted molar refractivity (Wildman–Crippen MR) is 78.6 cm³/mol. The molecule has 0 aromatic rings. The van der Waals surface area contributed by atoms with Gasteiger partial charge in [0.15, 0.2) is 0 Å². The van der Waals surface area contributed by atoms with E-state index in [0.717, 1.165) is 24.4 Å². The van der Waals surface area contributed by atoms with Crippen molar-refractivity contribution in [1.29, 1.82) is 0 Å². The Morgan fingerprint density at radius 1 is 1.11 bits per heavy atom. The average molecular weight is 252 g/mol. The first-order chi connectivity index (χ1) is 8.59. The Balaban J connectivity index is 1.98. The lowest BCUT2D eigenvalue weighted by molar-refractivity contribution is 0.0253. The minimum atomic E-state index is 0.320. The Labute approximate surface area is 113 Å². The fraction of sp³-hybridized carbons (Fsp3) is 1.00. The SMILES string of the molecule is CC(C)C1CCC(CN)(N(C)C2CCCC2)CC1. The molecule has 0 amide bonds. The highest BCUT2D eigenvalue weighted by molar-refractivity contribution is 4.98. The third-order valence-electron chi connectivity index (χ3n) is 5.90. The van der Waals surface area contributed by atoms with Crippen LogP contribution in [0, 0.1) is 11.8 Å². The van der Waals surface area contributed by atoms with Crippen LogP contribution in [0.15, 0.2) is 0 Å². The van der Waals surface area contributed by atoms with Gasteiger partial charge in [-0.15, -0.1) is 0 Å². The van der Waals surface area contributed by atoms with E-state index >= 15 is 0 Å². The van der Waals surface area contributed by atoms with Crippen molar-refractivity contribution in [3.8, 4) is 0 Å². The first-order valence-corrected chi connectivity index (χ1v) is 8.02. The van der Waals surface area contributed by atoms with Crippen LogP contribution in [0.5, 0.6) is 0 Å². The number of likely N-dealkylation sites (N-methyl/N-ethyl adjacent to an activating group) is 1. The molecular weight excluding hydrogens is 220 g/mol. The number of hydrogen-bond acceptors (Lipinski definition) is 2. The molecular formula is C16H32N2. The molecule has 0 bridgehead atoms. The Morgan fingerprint density at radius 2 is 1.67 bits per heavy atom. The molecule has 2 saturated carbocycles. The van der Waals surface area contributed by atoms with Gasteiger partial charge in [-0.2, -0.15) is 0 Å². The molecule has 0 radical (unpaired) electrons. The average Bonchev–Trinajstić information content (AvgIpc) is 2.91. The van der Waals surface area contributed by atoms with Crippen LogP contribution in [0.4, 0.5) is 0 Å². The summed E-state index contributed by atoms with van der Waals surface area (Å²) in [6, 6.07) is 0.809. The molecule has 0 spiro atoms. The highest BCUT2D eigenvalue weighted by atomic mass is 15.2. The van der Waals surface area contributed by atoms with Gasteiger partial charge in [0.1, 0.15) is 0 Å². The monoisotopic (exact) mass is 252 g/mol. The second kappa shape index (κ2) is 5.92. The van der Waals surface area contributed by atoms with E-state index in [1.807, 2.05) is 0 Å². The van der Waals surface area contributed by atoms with E-state index < -0.39 is 0 Å². The molecule has 0 atom stereocenters. The van der Waals surface area contributed by atoms with Gasteiger partial charge in [0.2, 0.25) is 0 Å². The standard InChI is InChI=1S/C16H32N2/c1-13(2)14-8-10-16(12-17,11-9-14)18(3)15-6-4-5-7-15/h13-15H,4-12,17H2,1-3H3. The van der Waals surface area contributed by atoms with Crippen LogP contribution in [-0.2, 0) is 0 Å². The maximum atomic E-state index is 6.19. The molecule has 2 aliphatic rings. The van der Waals surface area contributed by atoms with Crippen molar-refractivity contribution in [1.82, 2.24) is 4.90 Å². The second-order valence-corrected chi connectivity index (χ2v) is 7.06. The minimum absolute atomic E-state index is 0.320. The summed E-state index contributed by atoms with van der Waals surface area (Å²) in [5.41, 5.74) is 6.51. The molecule has 0 saturated heterocycles. The van der Waals surface area contributed by atoms with Gasteiger partial charge < -0.3 is 5.73 Å². The van der Waals surface area contributed by atoms with Gasteiger partial charge in [0.05, 0.1) is 0 Å². The summed E-state index contributed by atoms with van der Waals surface area (Å²) < 4.78 is 0. The lowest BCUT2D eigenvalue weighted by atomic mass is 9.71. The van der Waals surface area contributed by atoms with Crippen molar-refractivity contribution < 1.29 is 0 Å². The van der Waals surface area contributed by atoms with Crippen molar-refractivity contribution >= 4 is 0 Å². The molecule has 18 heavy (non-hydrogen) atoms. The van der Waals surface area contributed by atoms with Crippen molar-refractivity contribution in [2.24, 2.45) is 17.6 Å². The van der Waals surface area contributed by atoms with Crippen LogP contribution in [-0.4, -0.2) is 30.1 Å². The Bertz CT molecular complexity index is 248. The second-order valence-electron chi connectivity index (χ2n) is 7.06. The highest BCUT2D eigenvalue weighted by Crippen LogP contribution is 2.40. The molecule has 0 aromatic heterocycles. The van der Waals surface area contributed by atoms with Gasteiger partial charge in [0, 0.05) is 18.1 Å². The van der Waals surface area contributed by atoms with Gasteiger partial charge in [-0.3, -0.25) is 4.90 Å². The van der Waals surface area contributed by atoms with Crippen LogP contribution in [0.25, 0.3) is 0 Å². The van der Waals surface area contributed by atoms with Gasteiger partial charge >= 0.3 is 0 Å². The molecule has 2 rings (SSSR count). The minimum Gasteiger partial charge on any atom is -0.329 e. The maximum Gasteiger partial charge on any atom is 0.0331 e. The van der Waals surface area contributed by atoms with E-state index in [0.29, 0.717) is 5.54 Å². The van der Waals surface area contributed by atoms with Crippen LogP contribution >= 0.6 is 0 Å². The Kier molecular flexibility index (Phi) is 4.71. The third kappa shape index (κ3) is 2.75. The molecule has 0 aliphatic heterocycles. The molecule has 2 aliphatic carbocycles. The normalized spacial score (nSPS) is 34.7. The Hall–Kier alpha value is -0.0800. The summed E-state index contributed by atoms with van der Waals surface area (Å²) >= 11 is 0. The van der Waals surface area contributed by atoms with Crippen molar-refractivity contribution in [3.63, 3.8) is 0 Å². The summed E-state index contributed by atoms with van der Waals surface area (Å²) in [4.78, 5) is 2.68. The zero-order valence-electron chi connectivity index (χ0n) is 12.6. The van der Waals surface area contributed by atoms with E-state index in [4.69, 9.17) is 5.73 Å². The highest BCUT2D eigenvalue weighted by Gasteiger charge is 2.41. The molecule has 106 valence electrons. The zero-order chi connectivity index (χ0) is 13.2. The van der Waals surface area contributed by atoms with E-state index in [2.05, 4.69) is 25.8 Å². The van der Waals surface area contributed by atoms with Crippen LogP contribution in [0.1, 0.15) is 65.2 Å². The zero-order valence-corrected chi connectivity index (χ0v) is 12.6. The van der Waals surface area contributed by atoms with Crippen molar-refractivity contribution in [3.05, 3.63) is 0 Å². The summed E-state index contributed by atoms with van der Waals surface area (Å²) in [5.74, 6) is 1.78.